The van der Waals surface area contributed by atoms with Gasteiger partial charge in [-0.1, -0.05) is 64.1 Å². The molecule has 0 saturated heterocycles. The van der Waals surface area contributed by atoms with Crippen LogP contribution in [-0.4, -0.2) is 78.4 Å². The minimum atomic E-state index is -0.940. The molecule has 0 bridgehead atoms. The first-order valence-corrected chi connectivity index (χ1v) is 15.0. The third-order valence-electron chi connectivity index (χ3n) is 7.80. The number of nitrogens with zero attached hydrogens (tertiary/aromatic N) is 1. The van der Waals surface area contributed by atoms with Crippen LogP contribution in [0.3, 0.4) is 0 Å². The fraction of sp³-hybridized carbons (Fsp3) is 0.594. The highest BCUT2D eigenvalue weighted by atomic mass is 16.5. The summed E-state index contributed by atoms with van der Waals surface area (Å²) in [6.45, 7) is 12.5. The van der Waals surface area contributed by atoms with E-state index in [0.29, 0.717) is 12.8 Å². The van der Waals surface area contributed by atoms with Crippen molar-refractivity contribution in [3.63, 3.8) is 0 Å². The first kappa shape index (κ1) is 35.5. The Bertz CT molecular complexity index is 1170. The van der Waals surface area contributed by atoms with Crippen LogP contribution in [0.25, 0.3) is 0 Å². The van der Waals surface area contributed by atoms with E-state index in [1.807, 2.05) is 43.3 Å². The van der Waals surface area contributed by atoms with Gasteiger partial charge in [0.05, 0.1) is 19.1 Å². The second-order valence-corrected chi connectivity index (χ2v) is 12.0. The van der Waals surface area contributed by atoms with Crippen molar-refractivity contribution in [2.45, 2.75) is 91.5 Å². The smallest absolute Gasteiger partial charge is 0.328 e. The number of hydrogen-bond donors (Lipinski definition) is 4. The molecule has 1 aromatic rings. The Morgan fingerprint density at radius 3 is 2.00 bits per heavy atom. The fourth-order valence-electron chi connectivity index (χ4n) is 5.00. The molecule has 1 aromatic carbocycles. The van der Waals surface area contributed by atoms with E-state index in [2.05, 4.69) is 16.0 Å². The molecule has 11 heteroatoms. The average molecular weight is 600 g/mol. The van der Waals surface area contributed by atoms with Gasteiger partial charge in [-0.2, -0.15) is 0 Å². The Balaban J connectivity index is 2.29. The maximum Gasteiger partial charge on any atom is 0.328 e. The molecule has 0 radical (unpaired) electrons. The van der Waals surface area contributed by atoms with Gasteiger partial charge in [0.25, 0.3) is 0 Å². The highest BCUT2D eigenvalue weighted by Gasteiger charge is 2.36. The third-order valence-corrected chi connectivity index (χ3v) is 7.80. The minimum Gasteiger partial charge on any atom is -0.467 e. The largest absolute Gasteiger partial charge is 0.467 e. The Morgan fingerprint density at radius 2 is 1.47 bits per heavy atom. The molecular weight excluding hydrogens is 550 g/mol. The molecule has 2 rings (SSSR count). The number of hydrogen-bond acceptors (Lipinski definition) is 7. The Labute approximate surface area is 255 Å². The Morgan fingerprint density at radius 1 is 0.884 bits per heavy atom. The number of nitrogens with one attached hydrogen (secondary N) is 3. The number of carbonyl (C=O) groups is 5. The standard InChI is InChI=1S/C32H49N5O6/c1-18(2)26(30(40)36-27(19(3)4)32(42)43-8)35-29(39)22(7)37-15-14-24(21(6)34-28(38)20(5)33)17-25(31(37)41)16-23-12-10-9-11-13-23/h9-13,17-22,25-27H,14-16,33H2,1-8H3,(H,34,38)(H,35,39)(H,36,40)/t20?,21-,22-,25?,26?,27?/m0/s1. The molecule has 5 N–H and O–H groups in total. The predicted molar refractivity (Wildman–Crippen MR) is 164 cm³/mol. The zero-order valence-electron chi connectivity index (χ0n) is 26.7. The van der Waals surface area contributed by atoms with Gasteiger partial charge in [0.15, 0.2) is 0 Å². The average Bonchev–Trinajstić information content (AvgIpc) is 3.12. The monoisotopic (exact) mass is 599 g/mol. The minimum absolute atomic E-state index is 0.219. The number of benzene rings is 1. The molecule has 238 valence electrons. The maximum absolute atomic E-state index is 13.9. The highest BCUT2D eigenvalue weighted by Crippen LogP contribution is 2.25. The lowest BCUT2D eigenvalue weighted by Crippen LogP contribution is -2.58. The summed E-state index contributed by atoms with van der Waals surface area (Å²) in [5.41, 5.74) is 7.58. The van der Waals surface area contributed by atoms with Gasteiger partial charge in [0.2, 0.25) is 23.6 Å². The molecular formula is C32H49N5O6. The van der Waals surface area contributed by atoms with Gasteiger partial charge in [0.1, 0.15) is 18.1 Å². The SMILES string of the molecule is COC(=O)C(NC(=O)C(NC(=O)[C@H](C)N1CCC([C@H](C)NC(=O)C(C)N)=CC(Cc2ccccc2)C1=O)C(C)C)C(C)C. The van der Waals surface area contributed by atoms with E-state index < -0.39 is 47.9 Å². The van der Waals surface area contributed by atoms with Crippen LogP contribution in [0.1, 0.15) is 60.5 Å². The molecule has 1 heterocycles. The van der Waals surface area contributed by atoms with Gasteiger partial charge >= 0.3 is 5.97 Å². The fourth-order valence-corrected chi connectivity index (χ4v) is 5.00. The van der Waals surface area contributed by atoms with Crippen molar-refractivity contribution >= 4 is 29.6 Å². The summed E-state index contributed by atoms with van der Waals surface area (Å²) in [5, 5.41) is 8.43. The molecule has 11 nitrogen and oxygen atoms in total. The summed E-state index contributed by atoms with van der Waals surface area (Å²) in [4.78, 5) is 66.8. The van der Waals surface area contributed by atoms with E-state index in [9.17, 15) is 24.0 Å². The van der Waals surface area contributed by atoms with Crippen LogP contribution in [0.4, 0.5) is 0 Å². The van der Waals surface area contributed by atoms with Crippen molar-refractivity contribution in [2.75, 3.05) is 13.7 Å². The van der Waals surface area contributed by atoms with Crippen LogP contribution >= 0.6 is 0 Å². The zero-order valence-corrected chi connectivity index (χ0v) is 26.7. The first-order valence-electron chi connectivity index (χ1n) is 15.0. The quantitative estimate of drug-likeness (QED) is 0.198. The van der Waals surface area contributed by atoms with Crippen molar-refractivity contribution in [3.05, 3.63) is 47.5 Å². The molecule has 0 saturated carbocycles. The van der Waals surface area contributed by atoms with Crippen molar-refractivity contribution < 1.29 is 28.7 Å². The summed E-state index contributed by atoms with van der Waals surface area (Å²) in [7, 11) is 1.25. The van der Waals surface area contributed by atoms with Crippen LogP contribution in [-0.2, 0) is 35.1 Å². The third kappa shape index (κ3) is 9.91. The summed E-state index contributed by atoms with van der Waals surface area (Å²) >= 11 is 0. The van der Waals surface area contributed by atoms with Crippen LogP contribution in [0.5, 0.6) is 0 Å². The molecule has 0 fully saturated rings. The molecule has 0 aromatic heterocycles. The van der Waals surface area contributed by atoms with Gasteiger partial charge in [-0.25, -0.2) is 4.79 Å². The van der Waals surface area contributed by atoms with E-state index in [-0.39, 0.29) is 36.2 Å². The van der Waals surface area contributed by atoms with Gasteiger partial charge in [-0.05, 0) is 56.6 Å². The highest BCUT2D eigenvalue weighted by molar-refractivity contribution is 5.94. The number of amides is 4. The molecule has 43 heavy (non-hydrogen) atoms. The molecule has 1 aliphatic rings. The van der Waals surface area contributed by atoms with E-state index in [0.717, 1.165) is 11.1 Å². The number of carbonyl (C=O) groups excluding carboxylic acids is 5. The zero-order chi connectivity index (χ0) is 32.4. The molecule has 0 spiro atoms. The maximum atomic E-state index is 13.9. The van der Waals surface area contributed by atoms with Crippen molar-refractivity contribution in [3.8, 4) is 0 Å². The van der Waals surface area contributed by atoms with Gasteiger partial charge in [0, 0.05) is 12.6 Å². The number of rotatable bonds is 13. The Hall–Kier alpha value is -3.73. The molecule has 6 atom stereocenters. The van der Waals surface area contributed by atoms with E-state index in [4.69, 9.17) is 10.5 Å². The lowest BCUT2D eigenvalue weighted by atomic mass is 9.94. The lowest BCUT2D eigenvalue weighted by molar-refractivity contribution is -0.147. The van der Waals surface area contributed by atoms with Crippen LogP contribution < -0.4 is 21.7 Å². The number of nitrogens with two attached hydrogens (primary N) is 1. The normalized spacial score (nSPS) is 19.0. The van der Waals surface area contributed by atoms with Gasteiger partial charge < -0.3 is 31.3 Å². The first-order chi connectivity index (χ1) is 20.2. The topological polar surface area (TPSA) is 160 Å². The summed E-state index contributed by atoms with van der Waals surface area (Å²) < 4.78 is 4.83. The summed E-state index contributed by atoms with van der Waals surface area (Å²) in [5.74, 6) is -3.16. The molecule has 1 aliphatic heterocycles. The number of methoxy groups -OCH3 is 1. The van der Waals surface area contributed by atoms with Crippen molar-refractivity contribution in [1.82, 2.24) is 20.9 Å². The number of ether oxygens (including phenoxy) is 1. The summed E-state index contributed by atoms with van der Waals surface area (Å²) in [6.07, 6.45) is 2.76. The predicted octanol–water partition coefficient (Wildman–Crippen LogP) is 1.70. The van der Waals surface area contributed by atoms with Crippen molar-refractivity contribution in [2.24, 2.45) is 23.5 Å². The Kier molecular flexibility index (Phi) is 13.4. The lowest BCUT2D eigenvalue weighted by Gasteiger charge is -2.32. The van der Waals surface area contributed by atoms with E-state index in [1.165, 1.54) is 12.0 Å². The van der Waals surface area contributed by atoms with Crippen LogP contribution in [0, 0.1) is 17.8 Å². The number of esters is 1. The molecule has 4 amide bonds. The van der Waals surface area contributed by atoms with Gasteiger partial charge in [-0.15, -0.1) is 0 Å². The van der Waals surface area contributed by atoms with E-state index >= 15 is 0 Å². The molecule has 0 aliphatic carbocycles. The van der Waals surface area contributed by atoms with Gasteiger partial charge in [-0.3, -0.25) is 19.2 Å². The van der Waals surface area contributed by atoms with E-state index in [1.54, 1.807) is 41.5 Å². The van der Waals surface area contributed by atoms with Crippen molar-refractivity contribution in [1.29, 1.82) is 0 Å². The van der Waals surface area contributed by atoms with Crippen LogP contribution in [0.2, 0.25) is 0 Å². The second-order valence-electron chi connectivity index (χ2n) is 12.0. The van der Waals surface area contributed by atoms with Crippen LogP contribution in [0.15, 0.2) is 42.0 Å². The second kappa shape index (κ2) is 16.2. The molecule has 4 unspecified atom stereocenters. The summed E-state index contributed by atoms with van der Waals surface area (Å²) in [6, 6.07) is 5.87.